The van der Waals surface area contributed by atoms with E-state index in [0.717, 1.165) is 12.1 Å². The minimum Gasteiger partial charge on any atom is -0.495 e. The van der Waals surface area contributed by atoms with Gasteiger partial charge in [0.15, 0.2) is 0 Å². The van der Waals surface area contributed by atoms with Crippen LogP contribution in [0.1, 0.15) is 39.5 Å². The molecule has 0 aliphatic heterocycles. The number of rotatable bonds is 9. The van der Waals surface area contributed by atoms with Crippen LogP contribution in [0.4, 0.5) is 17.6 Å². The third-order valence-electron chi connectivity index (χ3n) is 3.63. The van der Waals surface area contributed by atoms with E-state index in [0.29, 0.717) is 22.7 Å². The molecule has 2 N–H and O–H groups in total. The van der Waals surface area contributed by atoms with Gasteiger partial charge >= 0.3 is 0 Å². The minimum absolute atomic E-state index is 0.125. The first-order chi connectivity index (χ1) is 12.0. The van der Waals surface area contributed by atoms with E-state index < -0.39 is 0 Å². The van der Waals surface area contributed by atoms with Crippen LogP contribution in [0.2, 0.25) is 10.3 Å². The topological polar surface area (TPSA) is 72.0 Å². The Morgan fingerprint density at radius 2 is 1.88 bits per heavy atom. The number of halogens is 2. The summed E-state index contributed by atoms with van der Waals surface area (Å²) in [6.45, 7) is 4.29. The standard InChI is InChI=1S/C17H23Cl2N5O/c1-4-5-6-7-11(2)20-16-22-15(19)23-17(24-16)21-12-8-9-14(25-3)13(18)10-12/h8-11H,4-7H2,1-3H3,(H2,20,21,22,23,24). The summed E-state index contributed by atoms with van der Waals surface area (Å²) in [5, 5.41) is 6.96. The van der Waals surface area contributed by atoms with Crippen LogP contribution in [0.3, 0.4) is 0 Å². The molecule has 1 unspecified atom stereocenters. The van der Waals surface area contributed by atoms with Crippen LogP contribution in [0.15, 0.2) is 18.2 Å². The molecule has 136 valence electrons. The number of hydrogen-bond acceptors (Lipinski definition) is 6. The summed E-state index contributed by atoms with van der Waals surface area (Å²) in [7, 11) is 1.57. The lowest BCUT2D eigenvalue weighted by atomic mass is 10.1. The maximum Gasteiger partial charge on any atom is 0.233 e. The van der Waals surface area contributed by atoms with Crippen molar-refractivity contribution in [3.63, 3.8) is 0 Å². The quantitative estimate of drug-likeness (QED) is 0.571. The fourth-order valence-electron chi connectivity index (χ4n) is 2.34. The normalized spacial score (nSPS) is 11.9. The third kappa shape index (κ3) is 6.21. The third-order valence-corrected chi connectivity index (χ3v) is 4.10. The van der Waals surface area contributed by atoms with Crippen molar-refractivity contribution in [2.75, 3.05) is 17.7 Å². The Kier molecular flexibility index (Phi) is 7.52. The molecule has 8 heteroatoms. The molecule has 0 amide bonds. The van der Waals surface area contributed by atoms with Crippen molar-refractivity contribution >= 4 is 40.8 Å². The summed E-state index contributed by atoms with van der Waals surface area (Å²) in [5.41, 5.74) is 0.731. The Labute approximate surface area is 158 Å². The molecule has 1 atom stereocenters. The van der Waals surface area contributed by atoms with Gasteiger partial charge in [0.2, 0.25) is 17.2 Å². The second-order valence-corrected chi connectivity index (χ2v) is 6.51. The zero-order chi connectivity index (χ0) is 18.2. The summed E-state index contributed by atoms with van der Waals surface area (Å²) < 4.78 is 5.14. The van der Waals surface area contributed by atoms with E-state index in [1.807, 2.05) is 6.07 Å². The van der Waals surface area contributed by atoms with Gasteiger partial charge in [-0.3, -0.25) is 0 Å². The van der Waals surface area contributed by atoms with Crippen LogP contribution in [-0.4, -0.2) is 28.1 Å². The van der Waals surface area contributed by atoms with Crippen LogP contribution < -0.4 is 15.4 Å². The van der Waals surface area contributed by atoms with E-state index in [1.165, 1.54) is 19.3 Å². The van der Waals surface area contributed by atoms with Gasteiger partial charge in [-0.2, -0.15) is 15.0 Å². The number of ether oxygens (including phenoxy) is 1. The molecule has 0 aliphatic rings. The van der Waals surface area contributed by atoms with Gasteiger partial charge in [0, 0.05) is 11.7 Å². The van der Waals surface area contributed by atoms with E-state index in [-0.39, 0.29) is 11.3 Å². The maximum atomic E-state index is 6.13. The van der Waals surface area contributed by atoms with Gasteiger partial charge in [-0.15, -0.1) is 0 Å². The number of methoxy groups -OCH3 is 1. The molecule has 0 saturated heterocycles. The minimum atomic E-state index is 0.125. The summed E-state index contributed by atoms with van der Waals surface area (Å²) >= 11 is 12.1. The number of nitrogens with one attached hydrogen (secondary N) is 2. The van der Waals surface area contributed by atoms with Crippen LogP contribution >= 0.6 is 23.2 Å². The monoisotopic (exact) mass is 383 g/mol. The second kappa shape index (κ2) is 9.63. The molecular formula is C17H23Cl2N5O. The van der Waals surface area contributed by atoms with Gasteiger partial charge in [-0.05, 0) is 43.1 Å². The SMILES string of the molecule is CCCCCC(C)Nc1nc(Cl)nc(Nc2ccc(OC)c(Cl)c2)n1. The molecule has 0 spiro atoms. The molecule has 2 rings (SSSR count). The Morgan fingerprint density at radius 3 is 2.56 bits per heavy atom. The lowest BCUT2D eigenvalue weighted by Crippen LogP contribution is -2.17. The smallest absolute Gasteiger partial charge is 0.233 e. The van der Waals surface area contributed by atoms with Gasteiger partial charge in [0.1, 0.15) is 5.75 Å². The molecule has 0 fully saturated rings. The molecule has 1 aromatic heterocycles. The second-order valence-electron chi connectivity index (χ2n) is 5.77. The summed E-state index contributed by atoms with van der Waals surface area (Å²) in [5.74, 6) is 1.40. The van der Waals surface area contributed by atoms with E-state index >= 15 is 0 Å². The number of aromatic nitrogens is 3. The molecule has 0 radical (unpaired) electrons. The lowest BCUT2D eigenvalue weighted by Gasteiger charge is -2.14. The van der Waals surface area contributed by atoms with Crippen LogP contribution in [0.25, 0.3) is 0 Å². The Balaban J connectivity index is 2.06. The number of anilines is 3. The largest absolute Gasteiger partial charge is 0.495 e. The molecule has 1 heterocycles. The van der Waals surface area contributed by atoms with E-state index in [4.69, 9.17) is 27.9 Å². The highest BCUT2D eigenvalue weighted by Crippen LogP contribution is 2.28. The highest BCUT2D eigenvalue weighted by atomic mass is 35.5. The molecule has 1 aromatic carbocycles. The summed E-state index contributed by atoms with van der Waals surface area (Å²) in [6.07, 6.45) is 4.63. The van der Waals surface area contributed by atoms with Gasteiger partial charge in [-0.25, -0.2) is 0 Å². The van der Waals surface area contributed by atoms with E-state index in [1.54, 1.807) is 19.2 Å². The Hall–Kier alpha value is -1.79. The van der Waals surface area contributed by atoms with E-state index in [9.17, 15) is 0 Å². The number of unbranched alkanes of at least 4 members (excludes halogenated alkanes) is 2. The molecule has 0 bridgehead atoms. The fraction of sp³-hybridized carbons (Fsp3) is 0.471. The maximum absolute atomic E-state index is 6.13. The van der Waals surface area contributed by atoms with Crippen molar-refractivity contribution in [2.24, 2.45) is 0 Å². The van der Waals surface area contributed by atoms with Gasteiger partial charge in [0.25, 0.3) is 0 Å². The zero-order valence-electron chi connectivity index (χ0n) is 14.6. The molecular weight excluding hydrogens is 361 g/mol. The highest BCUT2D eigenvalue weighted by molar-refractivity contribution is 6.32. The van der Waals surface area contributed by atoms with Crippen molar-refractivity contribution in [1.82, 2.24) is 15.0 Å². The van der Waals surface area contributed by atoms with Gasteiger partial charge in [-0.1, -0.05) is 37.8 Å². The molecule has 6 nitrogen and oxygen atoms in total. The van der Waals surface area contributed by atoms with Crippen LogP contribution in [0.5, 0.6) is 5.75 Å². The van der Waals surface area contributed by atoms with Crippen LogP contribution in [0, 0.1) is 0 Å². The van der Waals surface area contributed by atoms with Crippen molar-refractivity contribution in [2.45, 2.75) is 45.6 Å². The van der Waals surface area contributed by atoms with Gasteiger partial charge in [0.05, 0.1) is 12.1 Å². The fourth-order valence-corrected chi connectivity index (χ4v) is 2.75. The predicted molar refractivity (Wildman–Crippen MR) is 103 cm³/mol. The summed E-state index contributed by atoms with van der Waals surface area (Å²) in [6, 6.07) is 5.58. The van der Waals surface area contributed by atoms with Crippen molar-refractivity contribution in [3.8, 4) is 5.75 Å². The average Bonchev–Trinajstić information content (AvgIpc) is 2.54. The lowest BCUT2D eigenvalue weighted by molar-refractivity contribution is 0.415. The molecule has 0 saturated carbocycles. The molecule has 0 aliphatic carbocycles. The Morgan fingerprint density at radius 1 is 1.12 bits per heavy atom. The highest BCUT2D eigenvalue weighted by Gasteiger charge is 2.09. The van der Waals surface area contributed by atoms with Crippen LogP contribution in [-0.2, 0) is 0 Å². The summed E-state index contributed by atoms with van der Waals surface area (Å²) in [4.78, 5) is 12.6. The number of nitrogens with zero attached hydrogens (tertiary/aromatic N) is 3. The zero-order valence-corrected chi connectivity index (χ0v) is 16.2. The molecule has 25 heavy (non-hydrogen) atoms. The number of benzene rings is 1. The first kappa shape index (κ1) is 19.5. The Bertz CT molecular complexity index is 699. The van der Waals surface area contributed by atoms with Gasteiger partial charge < -0.3 is 15.4 Å². The average molecular weight is 384 g/mol. The van der Waals surface area contributed by atoms with Crippen molar-refractivity contribution in [3.05, 3.63) is 28.5 Å². The van der Waals surface area contributed by atoms with Crippen molar-refractivity contribution in [1.29, 1.82) is 0 Å². The van der Waals surface area contributed by atoms with Crippen molar-refractivity contribution < 1.29 is 4.74 Å². The van der Waals surface area contributed by atoms with E-state index in [2.05, 4.69) is 39.4 Å². The molecule has 2 aromatic rings. The first-order valence-electron chi connectivity index (χ1n) is 8.30. The first-order valence-corrected chi connectivity index (χ1v) is 9.06. The number of hydrogen-bond donors (Lipinski definition) is 2. The predicted octanol–water partition coefficient (Wildman–Crippen LogP) is 5.31.